The van der Waals surface area contributed by atoms with Crippen molar-refractivity contribution >= 4 is 5.97 Å². The van der Waals surface area contributed by atoms with Gasteiger partial charge in [0.25, 0.3) is 0 Å². The van der Waals surface area contributed by atoms with Crippen LogP contribution in [0.5, 0.6) is 0 Å². The van der Waals surface area contributed by atoms with Gasteiger partial charge in [0.1, 0.15) is 6.10 Å². The van der Waals surface area contributed by atoms with Crippen molar-refractivity contribution in [3.05, 3.63) is 0 Å². The molecule has 1 heterocycles. The molecule has 1 aliphatic heterocycles. The molecule has 0 bridgehead atoms. The monoisotopic (exact) mass is 142 g/mol. The first-order chi connectivity index (χ1) is 4.74. The van der Waals surface area contributed by atoms with Gasteiger partial charge in [0.15, 0.2) is 0 Å². The summed E-state index contributed by atoms with van der Waals surface area (Å²) in [6.07, 6.45) is 3.26. The van der Waals surface area contributed by atoms with Crippen LogP contribution in [-0.4, -0.2) is 12.1 Å². The largest absolute Gasteiger partial charge is 0.462 e. The fourth-order valence-electron chi connectivity index (χ4n) is 1.32. The Morgan fingerprint density at radius 2 is 2.40 bits per heavy atom. The summed E-state index contributed by atoms with van der Waals surface area (Å²) in [4.78, 5) is 10.8. The molecule has 1 fully saturated rings. The highest BCUT2D eigenvalue weighted by molar-refractivity contribution is 5.74. The zero-order valence-corrected chi connectivity index (χ0v) is 6.59. The van der Waals surface area contributed by atoms with E-state index in [1.807, 2.05) is 6.92 Å². The van der Waals surface area contributed by atoms with Gasteiger partial charge in [-0.1, -0.05) is 20.3 Å². The third-order valence-electron chi connectivity index (χ3n) is 1.91. The van der Waals surface area contributed by atoms with Gasteiger partial charge in [0.05, 0.1) is 5.92 Å². The van der Waals surface area contributed by atoms with Crippen LogP contribution in [0.25, 0.3) is 0 Å². The molecule has 0 saturated carbocycles. The first kappa shape index (κ1) is 7.58. The lowest BCUT2D eigenvalue weighted by Gasteiger charge is -2.04. The molecule has 0 aromatic carbocycles. The standard InChI is InChI=1S/C8H14O2/c1-3-4-7-5-6(2)8(9)10-7/h6-7H,3-5H2,1-2H3. The number of rotatable bonds is 2. The summed E-state index contributed by atoms with van der Waals surface area (Å²) in [5, 5.41) is 0. The van der Waals surface area contributed by atoms with Gasteiger partial charge >= 0.3 is 5.97 Å². The Morgan fingerprint density at radius 1 is 1.70 bits per heavy atom. The van der Waals surface area contributed by atoms with Gasteiger partial charge < -0.3 is 4.74 Å². The molecule has 2 unspecified atom stereocenters. The number of carbonyl (C=O) groups excluding carboxylic acids is 1. The smallest absolute Gasteiger partial charge is 0.309 e. The minimum atomic E-state index is -0.0153. The van der Waals surface area contributed by atoms with Crippen molar-refractivity contribution < 1.29 is 9.53 Å². The average molecular weight is 142 g/mol. The fourth-order valence-corrected chi connectivity index (χ4v) is 1.32. The first-order valence-corrected chi connectivity index (χ1v) is 3.94. The van der Waals surface area contributed by atoms with Crippen molar-refractivity contribution in [3.63, 3.8) is 0 Å². The summed E-state index contributed by atoms with van der Waals surface area (Å²) >= 11 is 0. The average Bonchev–Trinajstić information content (AvgIpc) is 2.14. The number of ether oxygens (including phenoxy) is 1. The van der Waals surface area contributed by atoms with Crippen LogP contribution in [0, 0.1) is 5.92 Å². The number of hydrogen-bond donors (Lipinski definition) is 0. The maximum atomic E-state index is 10.8. The maximum absolute atomic E-state index is 10.8. The highest BCUT2D eigenvalue weighted by Crippen LogP contribution is 2.23. The van der Waals surface area contributed by atoms with Crippen LogP contribution in [0.1, 0.15) is 33.1 Å². The third kappa shape index (κ3) is 1.49. The molecule has 10 heavy (non-hydrogen) atoms. The van der Waals surface area contributed by atoms with Crippen LogP contribution in [0.2, 0.25) is 0 Å². The SMILES string of the molecule is CCCC1CC(C)C(=O)O1. The number of cyclic esters (lactones) is 1. The maximum Gasteiger partial charge on any atom is 0.309 e. The van der Waals surface area contributed by atoms with Crippen molar-refractivity contribution in [2.75, 3.05) is 0 Å². The normalized spacial score (nSPS) is 32.4. The molecule has 1 aliphatic rings. The van der Waals surface area contributed by atoms with Gasteiger partial charge in [-0.05, 0) is 12.8 Å². The molecule has 0 radical (unpaired) electrons. The number of carbonyl (C=O) groups is 1. The molecule has 0 aliphatic carbocycles. The third-order valence-corrected chi connectivity index (χ3v) is 1.91. The molecule has 58 valence electrons. The topological polar surface area (TPSA) is 26.3 Å². The van der Waals surface area contributed by atoms with Crippen LogP contribution in [-0.2, 0) is 9.53 Å². The minimum absolute atomic E-state index is 0.0153. The molecule has 2 nitrogen and oxygen atoms in total. The molecule has 0 amide bonds. The molecule has 1 saturated heterocycles. The van der Waals surface area contributed by atoms with Crippen LogP contribution in [0.4, 0.5) is 0 Å². The van der Waals surface area contributed by atoms with Crippen LogP contribution < -0.4 is 0 Å². The van der Waals surface area contributed by atoms with E-state index in [0.717, 1.165) is 19.3 Å². The molecule has 1 rings (SSSR count). The lowest BCUT2D eigenvalue weighted by atomic mass is 10.1. The Kier molecular flexibility index (Phi) is 2.30. The molecule has 0 aromatic heterocycles. The molecule has 2 heteroatoms. The van der Waals surface area contributed by atoms with Gasteiger partial charge in [-0.2, -0.15) is 0 Å². The first-order valence-electron chi connectivity index (χ1n) is 3.94. The molecular formula is C8H14O2. The quantitative estimate of drug-likeness (QED) is 0.549. The van der Waals surface area contributed by atoms with E-state index in [2.05, 4.69) is 6.92 Å². The fraction of sp³-hybridized carbons (Fsp3) is 0.875. The molecule has 0 N–H and O–H groups in total. The van der Waals surface area contributed by atoms with Crippen molar-refractivity contribution in [2.45, 2.75) is 39.2 Å². The summed E-state index contributed by atoms with van der Waals surface area (Å²) in [6.45, 7) is 4.04. The van der Waals surface area contributed by atoms with Gasteiger partial charge in [0, 0.05) is 0 Å². The van der Waals surface area contributed by atoms with E-state index >= 15 is 0 Å². The zero-order chi connectivity index (χ0) is 7.56. The second-order valence-corrected chi connectivity index (χ2v) is 2.98. The highest BCUT2D eigenvalue weighted by atomic mass is 16.5. The van der Waals surface area contributed by atoms with E-state index in [4.69, 9.17) is 4.74 Å². The Labute approximate surface area is 61.6 Å². The van der Waals surface area contributed by atoms with Crippen molar-refractivity contribution in [1.29, 1.82) is 0 Å². The van der Waals surface area contributed by atoms with Gasteiger partial charge in [0.2, 0.25) is 0 Å². The van der Waals surface area contributed by atoms with Crippen LogP contribution in [0.3, 0.4) is 0 Å². The van der Waals surface area contributed by atoms with E-state index in [-0.39, 0.29) is 18.0 Å². The summed E-state index contributed by atoms with van der Waals surface area (Å²) in [5.74, 6) is 0.120. The van der Waals surface area contributed by atoms with Crippen LogP contribution >= 0.6 is 0 Å². The Hall–Kier alpha value is -0.530. The molecule has 0 spiro atoms. The second kappa shape index (κ2) is 3.04. The Morgan fingerprint density at radius 3 is 2.80 bits per heavy atom. The summed E-state index contributed by atoms with van der Waals surface area (Å²) in [7, 11) is 0. The van der Waals surface area contributed by atoms with Gasteiger partial charge in [-0.15, -0.1) is 0 Å². The lowest BCUT2D eigenvalue weighted by Crippen LogP contribution is -2.05. The zero-order valence-electron chi connectivity index (χ0n) is 6.59. The van der Waals surface area contributed by atoms with Gasteiger partial charge in [-0.3, -0.25) is 4.79 Å². The van der Waals surface area contributed by atoms with Crippen molar-refractivity contribution in [2.24, 2.45) is 5.92 Å². The minimum Gasteiger partial charge on any atom is -0.462 e. The van der Waals surface area contributed by atoms with E-state index in [1.54, 1.807) is 0 Å². The Bertz CT molecular complexity index is 131. The van der Waals surface area contributed by atoms with Crippen molar-refractivity contribution in [1.82, 2.24) is 0 Å². The van der Waals surface area contributed by atoms with E-state index < -0.39 is 0 Å². The number of hydrogen-bond acceptors (Lipinski definition) is 2. The molecule has 2 atom stereocenters. The van der Waals surface area contributed by atoms with E-state index in [1.165, 1.54) is 0 Å². The summed E-state index contributed by atoms with van der Waals surface area (Å²) in [6, 6.07) is 0. The predicted octanol–water partition coefficient (Wildman–Crippen LogP) is 1.74. The second-order valence-electron chi connectivity index (χ2n) is 2.98. The molecular weight excluding hydrogens is 128 g/mol. The lowest BCUT2D eigenvalue weighted by molar-refractivity contribution is -0.144. The van der Waals surface area contributed by atoms with Gasteiger partial charge in [-0.25, -0.2) is 0 Å². The highest BCUT2D eigenvalue weighted by Gasteiger charge is 2.29. The van der Waals surface area contributed by atoms with E-state index in [0.29, 0.717) is 0 Å². The van der Waals surface area contributed by atoms with Crippen LogP contribution in [0.15, 0.2) is 0 Å². The summed E-state index contributed by atoms with van der Waals surface area (Å²) < 4.78 is 5.08. The molecule has 0 aromatic rings. The predicted molar refractivity (Wildman–Crippen MR) is 38.6 cm³/mol. The summed E-state index contributed by atoms with van der Waals surface area (Å²) in [5.41, 5.74) is 0. The van der Waals surface area contributed by atoms with E-state index in [9.17, 15) is 4.79 Å². The number of esters is 1. The van der Waals surface area contributed by atoms with Crippen molar-refractivity contribution in [3.8, 4) is 0 Å². The Balaban J connectivity index is 2.34.